The van der Waals surface area contributed by atoms with E-state index in [2.05, 4.69) is 10.6 Å². The number of aryl methyl sites for hydroxylation is 2. The van der Waals surface area contributed by atoms with Crippen molar-refractivity contribution >= 4 is 17.5 Å². The van der Waals surface area contributed by atoms with Gasteiger partial charge in [0.25, 0.3) is 0 Å². The van der Waals surface area contributed by atoms with E-state index in [1.807, 2.05) is 32.0 Å². The van der Waals surface area contributed by atoms with Gasteiger partial charge in [0.05, 0.1) is 6.10 Å². The highest BCUT2D eigenvalue weighted by atomic mass is 16.5. The number of hydrogen-bond acceptors (Lipinski definition) is 3. The first-order valence-corrected chi connectivity index (χ1v) is 7.30. The van der Waals surface area contributed by atoms with Crippen LogP contribution in [0.4, 0.5) is 5.69 Å². The number of hydrogen-bond donors (Lipinski definition) is 2. The molecule has 1 atom stereocenters. The summed E-state index contributed by atoms with van der Waals surface area (Å²) in [5, 5.41) is 5.52. The fourth-order valence-corrected chi connectivity index (χ4v) is 2.31. The second-order valence-electron chi connectivity index (χ2n) is 5.48. The molecule has 114 valence electrons. The molecule has 1 fully saturated rings. The molecule has 0 saturated carbocycles. The number of carbonyl (C=O) groups is 2. The first kappa shape index (κ1) is 15.5. The SMILES string of the molecule is Cc1ccc(C)c(NC(=O)CC(=O)NCC2CCCO2)c1. The molecule has 2 amide bonds. The molecule has 1 aromatic rings. The van der Waals surface area contributed by atoms with Gasteiger partial charge in [0.15, 0.2) is 0 Å². The summed E-state index contributed by atoms with van der Waals surface area (Å²) in [5.74, 6) is -0.568. The normalized spacial score (nSPS) is 17.5. The summed E-state index contributed by atoms with van der Waals surface area (Å²) in [6.07, 6.45) is 1.93. The Morgan fingerprint density at radius 1 is 1.29 bits per heavy atom. The molecule has 0 spiro atoms. The smallest absolute Gasteiger partial charge is 0.233 e. The van der Waals surface area contributed by atoms with Crippen molar-refractivity contribution in [2.45, 2.75) is 39.2 Å². The van der Waals surface area contributed by atoms with Crippen LogP contribution in [-0.4, -0.2) is 31.1 Å². The fraction of sp³-hybridized carbons (Fsp3) is 0.500. The molecule has 0 aliphatic carbocycles. The van der Waals surface area contributed by atoms with E-state index < -0.39 is 0 Å². The first-order valence-electron chi connectivity index (χ1n) is 7.30. The molecule has 1 unspecified atom stereocenters. The van der Waals surface area contributed by atoms with Crippen molar-refractivity contribution in [3.8, 4) is 0 Å². The highest BCUT2D eigenvalue weighted by Crippen LogP contribution is 2.16. The molecule has 2 rings (SSSR count). The van der Waals surface area contributed by atoms with Gasteiger partial charge in [0.1, 0.15) is 6.42 Å². The number of rotatable bonds is 5. The van der Waals surface area contributed by atoms with Gasteiger partial charge in [-0.2, -0.15) is 0 Å². The zero-order chi connectivity index (χ0) is 15.2. The Hall–Kier alpha value is -1.88. The molecule has 0 aromatic heterocycles. The minimum atomic E-state index is -0.298. The summed E-state index contributed by atoms with van der Waals surface area (Å²) < 4.78 is 5.42. The van der Waals surface area contributed by atoms with Crippen LogP contribution in [0.2, 0.25) is 0 Å². The van der Waals surface area contributed by atoms with Crippen molar-refractivity contribution in [2.75, 3.05) is 18.5 Å². The zero-order valence-electron chi connectivity index (χ0n) is 12.6. The Morgan fingerprint density at radius 2 is 2.10 bits per heavy atom. The van der Waals surface area contributed by atoms with E-state index in [0.717, 1.165) is 36.3 Å². The topological polar surface area (TPSA) is 67.4 Å². The summed E-state index contributed by atoms with van der Waals surface area (Å²) in [7, 11) is 0. The van der Waals surface area contributed by atoms with Crippen LogP contribution < -0.4 is 10.6 Å². The molecular formula is C16H22N2O3. The molecule has 1 heterocycles. The lowest BCUT2D eigenvalue weighted by molar-refractivity contribution is -0.127. The van der Waals surface area contributed by atoms with Crippen molar-refractivity contribution in [2.24, 2.45) is 0 Å². The van der Waals surface area contributed by atoms with Crippen LogP contribution in [0.15, 0.2) is 18.2 Å². The van der Waals surface area contributed by atoms with Gasteiger partial charge in [-0.1, -0.05) is 12.1 Å². The maximum Gasteiger partial charge on any atom is 0.233 e. The molecule has 1 aliphatic rings. The van der Waals surface area contributed by atoms with Gasteiger partial charge in [0, 0.05) is 18.8 Å². The lowest BCUT2D eigenvalue weighted by Crippen LogP contribution is -2.34. The monoisotopic (exact) mass is 290 g/mol. The molecular weight excluding hydrogens is 268 g/mol. The van der Waals surface area contributed by atoms with Crippen LogP contribution in [0.1, 0.15) is 30.4 Å². The van der Waals surface area contributed by atoms with Crippen LogP contribution in [0.5, 0.6) is 0 Å². The van der Waals surface area contributed by atoms with Crippen LogP contribution >= 0.6 is 0 Å². The van der Waals surface area contributed by atoms with Crippen molar-refractivity contribution in [3.63, 3.8) is 0 Å². The Kier molecular flexibility index (Phi) is 5.33. The molecule has 2 N–H and O–H groups in total. The van der Waals surface area contributed by atoms with Crippen LogP contribution in [-0.2, 0) is 14.3 Å². The van der Waals surface area contributed by atoms with Crippen molar-refractivity contribution in [1.82, 2.24) is 5.32 Å². The zero-order valence-corrected chi connectivity index (χ0v) is 12.6. The average Bonchev–Trinajstić information content (AvgIpc) is 2.94. The van der Waals surface area contributed by atoms with Crippen molar-refractivity contribution < 1.29 is 14.3 Å². The first-order chi connectivity index (χ1) is 10.0. The second-order valence-corrected chi connectivity index (χ2v) is 5.48. The van der Waals surface area contributed by atoms with Gasteiger partial charge < -0.3 is 15.4 Å². The van der Waals surface area contributed by atoms with Crippen LogP contribution in [0.25, 0.3) is 0 Å². The van der Waals surface area contributed by atoms with E-state index in [1.54, 1.807) is 0 Å². The highest BCUT2D eigenvalue weighted by molar-refractivity contribution is 6.03. The predicted octanol–water partition coefficient (Wildman–Crippen LogP) is 1.93. The Balaban J connectivity index is 1.78. The summed E-state index contributed by atoms with van der Waals surface area (Å²) in [6.45, 7) is 5.12. The predicted molar refractivity (Wildman–Crippen MR) is 81.1 cm³/mol. The van der Waals surface area contributed by atoms with E-state index in [-0.39, 0.29) is 24.3 Å². The van der Waals surface area contributed by atoms with Gasteiger partial charge in [-0.05, 0) is 43.9 Å². The molecule has 21 heavy (non-hydrogen) atoms. The average molecular weight is 290 g/mol. The molecule has 1 saturated heterocycles. The van der Waals surface area contributed by atoms with Gasteiger partial charge in [-0.15, -0.1) is 0 Å². The van der Waals surface area contributed by atoms with Gasteiger partial charge >= 0.3 is 0 Å². The van der Waals surface area contributed by atoms with E-state index in [1.165, 1.54) is 0 Å². The largest absolute Gasteiger partial charge is 0.376 e. The summed E-state index contributed by atoms with van der Waals surface area (Å²) >= 11 is 0. The third kappa shape index (κ3) is 4.86. The third-order valence-corrected chi connectivity index (χ3v) is 3.54. The van der Waals surface area contributed by atoms with E-state index in [9.17, 15) is 9.59 Å². The second kappa shape index (κ2) is 7.22. The molecule has 5 heteroatoms. The Bertz CT molecular complexity index is 522. The van der Waals surface area contributed by atoms with Gasteiger partial charge in [-0.25, -0.2) is 0 Å². The van der Waals surface area contributed by atoms with Crippen molar-refractivity contribution in [1.29, 1.82) is 0 Å². The van der Waals surface area contributed by atoms with E-state index in [0.29, 0.717) is 6.54 Å². The number of nitrogens with one attached hydrogen (secondary N) is 2. The lowest BCUT2D eigenvalue weighted by Gasteiger charge is -2.12. The lowest BCUT2D eigenvalue weighted by atomic mass is 10.1. The maximum atomic E-state index is 11.9. The molecule has 0 radical (unpaired) electrons. The summed E-state index contributed by atoms with van der Waals surface area (Å²) in [5.41, 5.74) is 2.80. The number of amides is 2. The van der Waals surface area contributed by atoms with E-state index in [4.69, 9.17) is 4.74 Å². The number of carbonyl (C=O) groups excluding carboxylic acids is 2. The fourth-order valence-electron chi connectivity index (χ4n) is 2.31. The standard InChI is InChI=1S/C16H22N2O3/c1-11-5-6-12(2)14(8-11)18-16(20)9-15(19)17-10-13-4-3-7-21-13/h5-6,8,13H,3-4,7,9-10H2,1-2H3,(H,17,19)(H,18,20). The highest BCUT2D eigenvalue weighted by Gasteiger charge is 2.17. The molecule has 5 nitrogen and oxygen atoms in total. The summed E-state index contributed by atoms with van der Waals surface area (Å²) in [4.78, 5) is 23.6. The third-order valence-electron chi connectivity index (χ3n) is 3.54. The van der Waals surface area contributed by atoms with Crippen molar-refractivity contribution in [3.05, 3.63) is 29.3 Å². The molecule has 1 aliphatic heterocycles. The Morgan fingerprint density at radius 3 is 2.81 bits per heavy atom. The number of benzene rings is 1. The van der Waals surface area contributed by atoms with Gasteiger partial charge in [-0.3, -0.25) is 9.59 Å². The quantitative estimate of drug-likeness (QED) is 0.814. The number of anilines is 1. The minimum Gasteiger partial charge on any atom is -0.376 e. The Labute approximate surface area is 125 Å². The summed E-state index contributed by atoms with van der Waals surface area (Å²) in [6, 6.07) is 5.83. The molecule has 0 bridgehead atoms. The van der Waals surface area contributed by atoms with Gasteiger partial charge in [0.2, 0.25) is 11.8 Å². The van der Waals surface area contributed by atoms with Crippen LogP contribution in [0.3, 0.4) is 0 Å². The van der Waals surface area contributed by atoms with Crippen LogP contribution in [0, 0.1) is 13.8 Å². The maximum absolute atomic E-state index is 11.9. The minimum absolute atomic E-state index is 0.0935. The number of ether oxygens (including phenoxy) is 1. The van der Waals surface area contributed by atoms with E-state index >= 15 is 0 Å². The molecule has 1 aromatic carbocycles.